The highest BCUT2D eigenvalue weighted by atomic mass is 16.5. The number of nitrogens with one attached hydrogen (secondary N) is 1. The quantitative estimate of drug-likeness (QED) is 0.866. The summed E-state index contributed by atoms with van der Waals surface area (Å²) in [5.41, 5.74) is 6.97. The smallest absolute Gasteiger partial charge is 0.269 e. The molecule has 0 bridgehead atoms. The largest absolute Gasteiger partial charge is 0.497 e. The highest BCUT2D eigenvalue weighted by molar-refractivity contribution is 5.92. The van der Waals surface area contributed by atoms with Gasteiger partial charge in [0.1, 0.15) is 17.3 Å². The zero-order valence-corrected chi connectivity index (χ0v) is 11.3. The van der Waals surface area contributed by atoms with Crippen LogP contribution >= 0.6 is 0 Å². The molecule has 1 aromatic carbocycles. The van der Waals surface area contributed by atoms with Crippen LogP contribution in [0.4, 0.5) is 5.82 Å². The van der Waals surface area contributed by atoms with Gasteiger partial charge < -0.3 is 15.8 Å². The molecule has 5 nitrogen and oxygen atoms in total. The standard InChI is InChI=1S/C15H17N3O2/c1-20-12-5-2-4-11(10-12)8-9-17-15(19)13-6-3-7-14(16)18-13/h2-7,10H,8-9H2,1H3,(H2,16,18)(H,17,19). The third kappa shape index (κ3) is 3.71. The van der Waals surface area contributed by atoms with E-state index in [9.17, 15) is 4.79 Å². The SMILES string of the molecule is COc1cccc(CCNC(=O)c2cccc(N)n2)c1. The molecule has 1 amide bonds. The number of aromatic nitrogens is 1. The molecular formula is C15H17N3O2. The predicted octanol–water partition coefficient (Wildman–Crippen LogP) is 1.64. The van der Waals surface area contributed by atoms with Crippen LogP contribution in [-0.4, -0.2) is 24.5 Å². The fraction of sp³-hybridized carbons (Fsp3) is 0.200. The molecule has 3 N–H and O–H groups in total. The summed E-state index contributed by atoms with van der Waals surface area (Å²) in [7, 11) is 1.63. The van der Waals surface area contributed by atoms with Gasteiger partial charge in [0.25, 0.3) is 5.91 Å². The number of anilines is 1. The molecule has 0 saturated heterocycles. The molecule has 0 aliphatic rings. The number of carbonyl (C=O) groups is 1. The van der Waals surface area contributed by atoms with Crippen molar-refractivity contribution in [2.45, 2.75) is 6.42 Å². The van der Waals surface area contributed by atoms with E-state index in [0.717, 1.165) is 17.7 Å². The van der Waals surface area contributed by atoms with E-state index >= 15 is 0 Å². The number of ether oxygens (including phenoxy) is 1. The summed E-state index contributed by atoms with van der Waals surface area (Å²) < 4.78 is 5.15. The van der Waals surface area contributed by atoms with E-state index in [0.29, 0.717) is 18.1 Å². The number of pyridine rings is 1. The van der Waals surface area contributed by atoms with E-state index in [4.69, 9.17) is 10.5 Å². The summed E-state index contributed by atoms with van der Waals surface area (Å²) in [6.45, 7) is 0.530. The fourth-order valence-electron chi connectivity index (χ4n) is 1.82. The average Bonchev–Trinajstić information content (AvgIpc) is 2.47. The minimum atomic E-state index is -0.222. The molecule has 0 spiro atoms. The zero-order valence-electron chi connectivity index (χ0n) is 11.3. The number of nitrogens with zero attached hydrogens (tertiary/aromatic N) is 1. The average molecular weight is 271 g/mol. The minimum Gasteiger partial charge on any atom is -0.497 e. The van der Waals surface area contributed by atoms with Crippen molar-refractivity contribution < 1.29 is 9.53 Å². The van der Waals surface area contributed by atoms with Crippen LogP contribution in [0.15, 0.2) is 42.5 Å². The molecule has 0 radical (unpaired) electrons. The Bertz CT molecular complexity index is 599. The number of hydrogen-bond acceptors (Lipinski definition) is 4. The van der Waals surface area contributed by atoms with Crippen LogP contribution in [0.2, 0.25) is 0 Å². The highest BCUT2D eigenvalue weighted by Crippen LogP contribution is 2.12. The normalized spacial score (nSPS) is 10.1. The summed E-state index contributed by atoms with van der Waals surface area (Å²) in [4.78, 5) is 15.8. The van der Waals surface area contributed by atoms with Gasteiger partial charge in [-0.25, -0.2) is 4.98 Å². The maximum absolute atomic E-state index is 11.9. The Kier molecular flexibility index (Phi) is 4.55. The topological polar surface area (TPSA) is 77.2 Å². The maximum Gasteiger partial charge on any atom is 0.269 e. The Labute approximate surface area is 117 Å². The van der Waals surface area contributed by atoms with Crippen LogP contribution in [0.3, 0.4) is 0 Å². The molecule has 5 heteroatoms. The van der Waals surface area contributed by atoms with Gasteiger partial charge in [0, 0.05) is 6.54 Å². The molecule has 0 fully saturated rings. The molecular weight excluding hydrogens is 254 g/mol. The van der Waals surface area contributed by atoms with E-state index in [-0.39, 0.29) is 5.91 Å². The Morgan fingerprint density at radius 3 is 2.85 bits per heavy atom. The number of benzene rings is 1. The van der Waals surface area contributed by atoms with Gasteiger partial charge in [-0.3, -0.25) is 4.79 Å². The first-order valence-electron chi connectivity index (χ1n) is 6.32. The van der Waals surface area contributed by atoms with Gasteiger partial charge in [-0.05, 0) is 36.2 Å². The lowest BCUT2D eigenvalue weighted by atomic mass is 10.1. The lowest BCUT2D eigenvalue weighted by molar-refractivity contribution is 0.0949. The Morgan fingerprint density at radius 1 is 1.30 bits per heavy atom. The lowest BCUT2D eigenvalue weighted by Gasteiger charge is -2.06. The number of hydrogen-bond donors (Lipinski definition) is 2. The number of amides is 1. The van der Waals surface area contributed by atoms with Crippen LogP contribution in [0.1, 0.15) is 16.1 Å². The first-order valence-corrected chi connectivity index (χ1v) is 6.32. The van der Waals surface area contributed by atoms with Gasteiger partial charge in [0.05, 0.1) is 7.11 Å². The van der Waals surface area contributed by atoms with Crippen molar-refractivity contribution in [1.29, 1.82) is 0 Å². The number of methoxy groups -OCH3 is 1. The molecule has 0 atom stereocenters. The Hall–Kier alpha value is -2.56. The van der Waals surface area contributed by atoms with Crippen LogP contribution in [0, 0.1) is 0 Å². The summed E-state index contributed by atoms with van der Waals surface area (Å²) >= 11 is 0. The van der Waals surface area contributed by atoms with E-state index < -0.39 is 0 Å². The van der Waals surface area contributed by atoms with Crippen LogP contribution in [0.25, 0.3) is 0 Å². The Morgan fingerprint density at radius 2 is 2.10 bits per heavy atom. The molecule has 1 heterocycles. The minimum absolute atomic E-state index is 0.222. The van der Waals surface area contributed by atoms with E-state index in [1.807, 2.05) is 24.3 Å². The first kappa shape index (κ1) is 13.9. The van der Waals surface area contributed by atoms with Crippen molar-refractivity contribution in [1.82, 2.24) is 10.3 Å². The van der Waals surface area contributed by atoms with Crippen molar-refractivity contribution >= 4 is 11.7 Å². The molecule has 2 aromatic rings. The van der Waals surface area contributed by atoms with Crippen LogP contribution in [-0.2, 0) is 6.42 Å². The molecule has 0 aliphatic carbocycles. The van der Waals surface area contributed by atoms with E-state index in [1.165, 1.54) is 0 Å². The van der Waals surface area contributed by atoms with Gasteiger partial charge in [-0.15, -0.1) is 0 Å². The zero-order chi connectivity index (χ0) is 14.4. The van der Waals surface area contributed by atoms with Gasteiger partial charge in [-0.1, -0.05) is 18.2 Å². The summed E-state index contributed by atoms with van der Waals surface area (Å²) in [5, 5.41) is 2.81. The lowest BCUT2D eigenvalue weighted by Crippen LogP contribution is -2.26. The van der Waals surface area contributed by atoms with Crippen molar-refractivity contribution in [3.63, 3.8) is 0 Å². The molecule has 20 heavy (non-hydrogen) atoms. The predicted molar refractivity (Wildman–Crippen MR) is 77.7 cm³/mol. The van der Waals surface area contributed by atoms with Crippen LogP contribution in [0.5, 0.6) is 5.75 Å². The molecule has 104 valence electrons. The van der Waals surface area contributed by atoms with Crippen molar-refractivity contribution in [2.24, 2.45) is 0 Å². The third-order valence-corrected chi connectivity index (χ3v) is 2.84. The second-order valence-corrected chi connectivity index (χ2v) is 4.31. The molecule has 0 unspecified atom stereocenters. The van der Waals surface area contributed by atoms with E-state index in [2.05, 4.69) is 10.3 Å². The number of nitrogen functional groups attached to an aromatic ring is 1. The van der Waals surface area contributed by atoms with Crippen LogP contribution < -0.4 is 15.8 Å². The van der Waals surface area contributed by atoms with Crippen molar-refractivity contribution in [2.75, 3.05) is 19.4 Å². The second kappa shape index (κ2) is 6.56. The second-order valence-electron chi connectivity index (χ2n) is 4.31. The third-order valence-electron chi connectivity index (χ3n) is 2.84. The Balaban J connectivity index is 1.88. The summed E-state index contributed by atoms with van der Waals surface area (Å²) in [5.74, 6) is 0.928. The molecule has 2 rings (SSSR count). The summed E-state index contributed by atoms with van der Waals surface area (Å²) in [6.07, 6.45) is 0.727. The van der Waals surface area contributed by atoms with Gasteiger partial charge in [0.2, 0.25) is 0 Å². The molecule has 0 saturated carbocycles. The van der Waals surface area contributed by atoms with Gasteiger partial charge in [-0.2, -0.15) is 0 Å². The first-order chi connectivity index (χ1) is 9.69. The number of rotatable bonds is 5. The van der Waals surface area contributed by atoms with Gasteiger partial charge in [0.15, 0.2) is 0 Å². The maximum atomic E-state index is 11.9. The molecule has 1 aromatic heterocycles. The van der Waals surface area contributed by atoms with Gasteiger partial charge >= 0.3 is 0 Å². The summed E-state index contributed by atoms with van der Waals surface area (Å²) in [6, 6.07) is 12.7. The molecule has 0 aliphatic heterocycles. The number of carbonyl (C=O) groups excluding carboxylic acids is 1. The highest BCUT2D eigenvalue weighted by Gasteiger charge is 2.06. The monoisotopic (exact) mass is 271 g/mol. The van der Waals surface area contributed by atoms with E-state index in [1.54, 1.807) is 25.3 Å². The fourth-order valence-corrected chi connectivity index (χ4v) is 1.82. The number of nitrogens with two attached hydrogens (primary N) is 1. The van der Waals surface area contributed by atoms with Crippen molar-refractivity contribution in [3.8, 4) is 5.75 Å². The van der Waals surface area contributed by atoms with Crippen molar-refractivity contribution in [3.05, 3.63) is 53.7 Å².